The molecule has 0 radical (unpaired) electrons. The molecule has 0 bridgehead atoms. The smallest absolute Gasteiger partial charge is 0.197 e. The highest BCUT2D eigenvalue weighted by atomic mass is 32.1. The molecule has 2 heterocycles. The van der Waals surface area contributed by atoms with Gasteiger partial charge in [-0.25, -0.2) is 10.8 Å². The number of nitrogens with one attached hydrogen (secondary N) is 1. The summed E-state index contributed by atoms with van der Waals surface area (Å²) in [7, 11) is 0. The molecule has 0 spiro atoms. The predicted molar refractivity (Wildman–Crippen MR) is 63.6 cm³/mol. The average molecular weight is 226 g/mol. The van der Waals surface area contributed by atoms with Crippen LogP contribution in [-0.4, -0.2) is 22.5 Å². The van der Waals surface area contributed by atoms with E-state index in [1.54, 1.807) is 11.3 Å². The van der Waals surface area contributed by atoms with Gasteiger partial charge in [-0.3, -0.25) is 10.3 Å². The van der Waals surface area contributed by atoms with Crippen LogP contribution < -0.4 is 11.3 Å². The highest BCUT2D eigenvalue weighted by Gasteiger charge is 2.18. The highest BCUT2D eigenvalue weighted by molar-refractivity contribution is 7.15. The first-order chi connectivity index (χ1) is 7.29. The van der Waals surface area contributed by atoms with Crippen molar-refractivity contribution in [2.75, 3.05) is 12.0 Å². The van der Waals surface area contributed by atoms with Crippen molar-refractivity contribution in [2.24, 2.45) is 5.84 Å². The zero-order chi connectivity index (χ0) is 10.7. The molecule has 1 fully saturated rings. The minimum absolute atomic E-state index is 0.704. The summed E-state index contributed by atoms with van der Waals surface area (Å²) in [6.45, 7) is 4.53. The Labute approximate surface area is 94.5 Å². The van der Waals surface area contributed by atoms with Gasteiger partial charge in [0.25, 0.3) is 0 Å². The summed E-state index contributed by atoms with van der Waals surface area (Å²) in [5.74, 6) is 5.31. The number of nitrogens with zero attached hydrogens (tertiary/aromatic N) is 2. The molecule has 1 saturated heterocycles. The third kappa shape index (κ3) is 2.68. The maximum absolute atomic E-state index is 5.31. The van der Waals surface area contributed by atoms with Gasteiger partial charge in [0, 0.05) is 23.7 Å². The van der Waals surface area contributed by atoms with Crippen LogP contribution in [0.25, 0.3) is 0 Å². The van der Waals surface area contributed by atoms with E-state index in [0.717, 1.165) is 11.7 Å². The fourth-order valence-electron chi connectivity index (χ4n) is 2.04. The monoisotopic (exact) mass is 226 g/mol. The molecule has 1 aliphatic rings. The largest absolute Gasteiger partial charge is 0.300 e. The standard InChI is InChI=1S/C10H18N4S/c1-8-4-2-3-5-14(8)7-9-6-12-10(13-11)15-9/h6,8H,2-5,7,11H2,1H3,(H,12,13). The van der Waals surface area contributed by atoms with E-state index in [9.17, 15) is 0 Å². The zero-order valence-corrected chi connectivity index (χ0v) is 9.89. The first-order valence-corrected chi connectivity index (χ1v) is 6.26. The third-order valence-corrected chi connectivity index (χ3v) is 3.89. The maximum Gasteiger partial charge on any atom is 0.197 e. The van der Waals surface area contributed by atoms with E-state index in [1.807, 2.05) is 6.20 Å². The number of nitrogen functional groups attached to an aromatic ring is 1. The average Bonchev–Trinajstić information content (AvgIpc) is 2.69. The second-order valence-corrected chi connectivity index (χ2v) is 5.21. The lowest BCUT2D eigenvalue weighted by molar-refractivity contribution is 0.154. The van der Waals surface area contributed by atoms with Crippen molar-refractivity contribution in [1.29, 1.82) is 0 Å². The van der Waals surface area contributed by atoms with Crippen molar-refractivity contribution in [3.8, 4) is 0 Å². The van der Waals surface area contributed by atoms with Crippen molar-refractivity contribution in [2.45, 2.75) is 38.8 Å². The summed E-state index contributed by atoms with van der Waals surface area (Å²) in [6.07, 6.45) is 5.93. The van der Waals surface area contributed by atoms with Crippen LogP contribution in [0.1, 0.15) is 31.1 Å². The van der Waals surface area contributed by atoms with Crippen molar-refractivity contribution in [3.05, 3.63) is 11.1 Å². The number of aromatic nitrogens is 1. The molecule has 1 aromatic heterocycles. The molecule has 1 aliphatic heterocycles. The van der Waals surface area contributed by atoms with Crippen LogP contribution in [0.3, 0.4) is 0 Å². The van der Waals surface area contributed by atoms with Crippen molar-refractivity contribution >= 4 is 16.5 Å². The van der Waals surface area contributed by atoms with E-state index in [2.05, 4.69) is 22.2 Å². The number of thiazole rings is 1. The quantitative estimate of drug-likeness (QED) is 0.609. The molecule has 1 atom stereocenters. The number of anilines is 1. The van der Waals surface area contributed by atoms with Gasteiger partial charge in [-0.05, 0) is 26.3 Å². The molecule has 2 rings (SSSR count). The van der Waals surface area contributed by atoms with Crippen LogP contribution in [0, 0.1) is 0 Å². The van der Waals surface area contributed by atoms with Crippen LogP contribution >= 0.6 is 11.3 Å². The van der Waals surface area contributed by atoms with Gasteiger partial charge in [0.15, 0.2) is 5.13 Å². The molecule has 0 aliphatic carbocycles. The third-order valence-electron chi connectivity index (χ3n) is 2.98. The molecule has 15 heavy (non-hydrogen) atoms. The minimum Gasteiger partial charge on any atom is -0.300 e. The number of nitrogens with two attached hydrogens (primary N) is 1. The second-order valence-electron chi connectivity index (χ2n) is 4.09. The molecule has 84 valence electrons. The number of hydrazine groups is 1. The fourth-order valence-corrected chi connectivity index (χ4v) is 2.79. The number of piperidine rings is 1. The maximum atomic E-state index is 5.31. The normalized spacial score (nSPS) is 22.9. The molecule has 1 unspecified atom stereocenters. The van der Waals surface area contributed by atoms with Gasteiger partial charge >= 0.3 is 0 Å². The lowest BCUT2D eigenvalue weighted by Crippen LogP contribution is -2.36. The number of hydrogen-bond donors (Lipinski definition) is 2. The summed E-state index contributed by atoms with van der Waals surface area (Å²) >= 11 is 1.64. The van der Waals surface area contributed by atoms with E-state index in [4.69, 9.17) is 5.84 Å². The zero-order valence-electron chi connectivity index (χ0n) is 9.07. The molecule has 3 N–H and O–H groups in total. The number of rotatable bonds is 3. The second kappa shape index (κ2) is 4.92. The molecule has 0 saturated carbocycles. The molecule has 0 amide bonds. The Bertz CT molecular complexity index is 312. The van der Waals surface area contributed by atoms with Crippen LogP contribution in [-0.2, 0) is 6.54 Å². The Morgan fingerprint density at radius 1 is 1.67 bits per heavy atom. The summed E-state index contributed by atoms with van der Waals surface area (Å²) in [5, 5.41) is 0.801. The molecular formula is C10H18N4S. The lowest BCUT2D eigenvalue weighted by Gasteiger charge is -2.32. The van der Waals surface area contributed by atoms with Gasteiger partial charge in [-0.1, -0.05) is 17.8 Å². The van der Waals surface area contributed by atoms with E-state index in [-0.39, 0.29) is 0 Å². The Hall–Kier alpha value is -0.650. The van der Waals surface area contributed by atoms with Gasteiger partial charge in [-0.15, -0.1) is 0 Å². The highest BCUT2D eigenvalue weighted by Crippen LogP contribution is 2.23. The number of hydrogen-bond acceptors (Lipinski definition) is 5. The van der Waals surface area contributed by atoms with E-state index >= 15 is 0 Å². The van der Waals surface area contributed by atoms with E-state index in [0.29, 0.717) is 6.04 Å². The lowest BCUT2D eigenvalue weighted by atomic mass is 10.0. The summed E-state index contributed by atoms with van der Waals surface area (Å²) < 4.78 is 0. The Morgan fingerprint density at radius 3 is 3.20 bits per heavy atom. The van der Waals surface area contributed by atoms with Crippen molar-refractivity contribution < 1.29 is 0 Å². The topological polar surface area (TPSA) is 54.2 Å². The summed E-state index contributed by atoms with van der Waals surface area (Å²) in [5.41, 5.74) is 2.58. The fraction of sp³-hybridized carbons (Fsp3) is 0.700. The van der Waals surface area contributed by atoms with Gasteiger partial charge in [0.05, 0.1) is 0 Å². The van der Waals surface area contributed by atoms with Crippen LogP contribution in [0.2, 0.25) is 0 Å². The van der Waals surface area contributed by atoms with Gasteiger partial charge in [0.2, 0.25) is 0 Å². The predicted octanol–water partition coefficient (Wildman–Crippen LogP) is 1.80. The SMILES string of the molecule is CC1CCCCN1Cc1cnc(NN)s1. The molecule has 1 aromatic rings. The first-order valence-electron chi connectivity index (χ1n) is 5.45. The molecule has 0 aromatic carbocycles. The van der Waals surface area contributed by atoms with Gasteiger partial charge < -0.3 is 0 Å². The van der Waals surface area contributed by atoms with Gasteiger partial charge in [0.1, 0.15) is 0 Å². The molecule has 5 heteroatoms. The van der Waals surface area contributed by atoms with E-state index in [1.165, 1.54) is 30.7 Å². The van der Waals surface area contributed by atoms with E-state index < -0.39 is 0 Å². The minimum atomic E-state index is 0.704. The summed E-state index contributed by atoms with van der Waals surface area (Å²) in [4.78, 5) is 7.99. The summed E-state index contributed by atoms with van der Waals surface area (Å²) in [6, 6.07) is 0.704. The van der Waals surface area contributed by atoms with Crippen LogP contribution in [0.15, 0.2) is 6.20 Å². The van der Waals surface area contributed by atoms with Gasteiger partial charge in [-0.2, -0.15) is 0 Å². The van der Waals surface area contributed by atoms with Crippen molar-refractivity contribution in [3.63, 3.8) is 0 Å². The Balaban J connectivity index is 1.95. The Kier molecular flexibility index (Phi) is 3.56. The first kappa shape index (κ1) is 10.9. The van der Waals surface area contributed by atoms with Crippen LogP contribution in [0.5, 0.6) is 0 Å². The molecule has 4 nitrogen and oxygen atoms in total. The van der Waals surface area contributed by atoms with Crippen molar-refractivity contribution in [1.82, 2.24) is 9.88 Å². The Morgan fingerprint density at radius 2 is 2.53 bits per heavy atom. The van der Waals surface area contributed by atoms with Crippen LogP contribution in [0.4, 0.5) is 5.13 Å². The molecular weight excluding hydrogens is 208 g/mol. The number of likely N-dealkylation sites (tertiary alicyclic amines) is 1.